The second-order valence-electron chi connectivity index (χ2n) is 4.73. The van der Waals surface area contributed by atoms with Crippen molar-refractivity contribution < 1.29 is 0 Å². The van der Waals surface area contributed by atoms with Gasteiger partial charge in [-0.05, 0) is 24.8 Å². The second-order valence-corrected chi connectivity index (χ2v) is 4.73. The quantitative estimate of drug-likeness (QED) is 0.554. The minimum atomic E-state index is 0.413. The van der Waals surface area contributed by atoms with Crippen LogP contribution < -0.4 is 5.43 Å². The fourth-order valence-electron chi connectivity index (χ4n) is 2.01. The van der Waals surface area contributed by atoms with Crippen molar-refractivity contribution in [1.82, 2.24) is 20.2 Å². The summed E-state index contributed by atoms with van der Waals surface area (Å²) in [7, 11) is 0. The monoisotopic (exact) mass is 252 g/mol. The highest BCUT2D eigenvalue weighted by atomic mass is 15.4. The number of nitrogens with one attached hydrogen (secondary N) is 2. The Morgan fingerprint density at radius 3 is 3.05 bits per heavy atom. The topological polar surface area (TPSA) is 78.8 Å². The van der Waals surface area contributed by atoms with E-state index in [1.54, 1.807) is 0 Å². The Labute approximate surface area is 109 Å². The maximum absolute atomic E-state index is 4.38. The average Bonchev–Trinajstić information content (AvgIpc) is 3.18. The number of aromatic nitrogens is 4. The minimum Gasteiger partial charge on any atom is -0.338 e. The summed E-state index contributed by atoms with van der Waals surface area (Å²) in [6.45, 7) is 0. The molecule has 6 heteroatoms. The first-order chi connectivity index (χ1) is 9.40. The van der Waals surface area contributed by atoms with Crippen molar-refractivity contribution in [2.75, 3.05) is 5.43 Å². The summed E-state index contributed by atoms with van der Waals surface area (Å²) in [6.07, 6.45) is 4.36. The molecular weight excluding hydrogens is 240 g/mol. The lowest BCUT2D eigenvalue weighted by atomic mass is 10.2. The van der Waals surface area contributed by atoms with Crippen LogP contribution in [0.1, 0.15) is 12.8 Å². The van der Waals surface area contributed by atoms with Gasteiger partial charge in [0.15, 0.2) is 5.65 Å². The van der Waals surface area contributed by atoms with Gasteiger partial charge in [0.1, 0.15) is 5.52 Å². The molecule has 1 aromatic carbocycles. The molecule has 2 N–H and O–H groups in total. The van der Waals surface area contributed by atoms with Crippen molar-refractivity contribution in [3.8, 4) is 0 Å². The number of rotatable bonds is 3. The Hall–Kier alpha value is -2.50. The summed E-state index contributed by atoms with van der Waals surface area (Å²) in [5, 5.41) is 13.4. The molecule has 0 radical (unpaired) electrons. The molecule has 3 aromatic rings. The highest BCUT2D eigenvalue weighted by Crippen LogP contribution is 2.26. The summed E-state index contributed by atoms with van der Waals surface area (Å²) < 4.78 is 0. The van der Waals surface area contributed by atoms with Gasteiger partial charge in [0.25, 0.3) is 5.95 Å². The maximum atomic E-state index is 4.38. The van der Waals surface area contributed by atoms with Crippen LogP contribution in [-0.4, -0.2) is 26.4 Å². The molecule has 0 aliphatic heterocycles. The smallest absolute Gasteiger partial charge is 0.265 e. The van der Waals surface area contributed by atoms with E-state index in [1.807, 2.05) is 30.5 Å². The molecule has 0 bridgehead atoms. The number of benzene rings is 1. The van der Waals surface area contributed by atoms with Gasteiger partial charge in [-0.15, -0.1) is 10.2 Å². The van der Waals surface area contributed by atoms with Gasteiger partial charge in [0.2, 0.25) is 0 Å². The summed E-state index contributed by atoms with van der Waals surface area (Å²) in [6, 6.07) is 7.95. The van der Waals surface area contributed by atoms with Gasteiger partial charge in [0, 0.05) is 17.1 Å². The van der Waals surface area contributed by atoms with Gasteiger partial charge in [-0.3, -0.25) is 0 Å². The lowest BCUT2D eigenvalue weighted by Crippen LogP contribution is -1.98. The Balaban J connectivity index is 1.71. The number of hydrogen-bond donors (Lipinski definition) is 2. The van der Waals surface area contributed by atoms with Crippen LogP contribution in [0.4, 0.5) is 5.95 Å². The van der Waals surface area contributed by atoms with Crippen molar-refractivity contribution in [2.24, 2.45) is 11.0 Å². The van der Waals surface area contributed by atoms with Crippen LogP contribution in [0.25, 0.3) is 22.1 Å². The molecule has 0 amide bonds. The normalized spacial score (nSPS) is 15.6. The Morgan fingerprint density at radius 1 is 1.26 bits per heavy atom. The number of nitrogens with zero attached hydrogens (tertiary/aromatic N) is 4. The molecule has 1 saturated carbocycles. The van der Waals surface area contributed by atoms with Crippen molar-refractivity contribution in [1.29, 1.82) is 0 Å². The van der Waals surface area contributed by atoms with Crippen LogP contribution in [0.15, 0.2) is 29.4 Å². The third-order valence-electron chi connectivity index (χ3n) is 3.19. The van der Waals surface area contributed by atoms with Crippen LogP contribution in [0.3, 0.4) is 0 Å². The molecule has 0 spiro atoms. The van der Waals surface area contributed by atoms with E-state index in [9.17, 15) is 0 Å². The van der Waals surface area contributed by atoms with Gasteiger partial charge in [-0.25, -0.2) is 5.43 Å². The number of hydrazone groups is 1. The zero-order valence-electron chi connectivity index (χ0n) is 10.2. The minimum absolute atomic E-state index is 0.413. The highest BCUT2D eigenvalue weighted by Gasteiger charge is 2.18. The van der Waals surface area contributed by atoms with Gasteiger partial charge in [-0.1, -0.05) is 18.2 Å². The van der Waals surface area contributed by atoms with E-state index < -0.39 is 0 Å². The average molecular weight is 252 g/mol. The second kappa shape index (κ2) is 4.01. The predicted molar refractivity (Wildman–Crippen MR) is 74.0 cm³/mol. The van der Waals surface area contributed by atoms with Crippen LogP contribution in [-0.2, 0) is 0 Å². The predicted octanol–water partition coefficient (Wildman–Crippen LogP) is 2.31. The van der Waals surface area contributed by atoms with E-state index in [1.165, 1.54) is 12.8 Å². The molecule has 94 valence electrons. The molecule has 1 aliphatic rings. The van der Waals surface area contributed by atoms with Crippen LogP contribution >= 0.6 is 0 Å². The fourth-order valence-corrected chi connectivity index (χ4v) is 2.01. The molecule has 6 nitrogen and oxygen atoms in total. The Morgan fingerprint density at radius 2 is 2.16 bits per heavy atom. The Kier molecular flexibility index (Phi) is 2.20. The number of anilines is 1. The molecule has 0 atom stereocenters. The molecule has 2 heterocycles. The molecule has 0 unspecified atom stereocenters. The van der Waals surface area contributed by atoms with Gasteiger partial charge in [0.05, 0.1) is 0 Å². The van der Waals surface area contributed by atoms with Crippen LogP contribution in [0, 0.1) is 5.92 Å². The Bertz CT molecular complexity index is 771. The van der Waals surface area contributed by atoms with Crippen molar-refractivity contribution in [3.63, 3.8) is 0 Å². The molecule has 2 aromatic heterocycles. The van der Waals surface area contributed by atoms with E-state index in [4.69, 9.17) is 0 Å². The number of hydrogen-bond acceptors (Lipinski definition) is 5. The number of fused-ring (bicyclic) bond motifs is 3. The lowest BCUT2D eigenvalue weighted by Gasteiger charge is -1.96. The molecule has 0 saturated heterocycles. The van der Waals surface area contributed by atoms with Crippen LogP contribution in [0.5, 0.6) is 0 Å². The molecule has 1 aliphatic carbocycles. The van der Waals surface area contributed by atoms with Crippen LogP contribution in [0.2, 0.25) is 0 Å². The first-order valence-electron chi connectivity index (χ1n) is 6.30. The molecule has 19 heavy (non-hydrogen) atoms. The summed E-state index contributed by atoms with van der Waals surface area (Å²) in [5.41, 5.74) is 5.34. The standard InChI is InChI=1S/C13H12N6/c1-2-4-10-9(3-1)11-12(15-10)16-13(19-17-11)18-14-7-8-5-6-8/h1-4,7-8H,5-6H2,(H2,15,16,18,19)/b14-7+. The SMILES string of the molecule is C(=N\Nc1nnc2c(n1)[nH]c1ccccc12)/C1CC1. The molecule has 1 fully saturated rings. The first-order valence-corrected chi connectivity index (χ1v) is 6.30. The number of para-hydroxylation sites is 1. The zero-order chi connectivity index (χ0) is 12.7. The van der Waals surface area contributed by atoms with Crippen molar-refractivity contribution >= 4 is 34.2 Å². The van der Waals surface area contributed by atoms with E-state index >= 15 is 0 Å². The van der Waals surface area contributed by atoms with E-state index in [2.05, 4.69) is 30.7 Å². The van der Waals surface area contributed by atoms with Gasteiger partial charge in [-0.2, -0.15) is 10.1 Å². The van der Waals surface area contributed by atoms with Gasteiger partial charge < -0.3 is 4.98 Å². The van der Waals surface area contributed by atoms with Gasteiger partial charge >= 0.3 is 0 Å². The van der Waals surface area contributed by atoms with E-state index in [-0.39, 0.29) is 0 Å². The molecule has 4 rings (SSSR count). The molecular formula is C13H12N6. The maximum Gasteiger partial charge on any atom is 0.265 e. The summed E-state index contributed by atoms with van der Waals surface area (Å²) in [4.78, 5) is 7.60. The highest BCUT2D eigenvalue weighted by molar-refractivity contribution is 6.03. The largest absolute Gasteiger partial charge is 0.338 e. The third kappa shape index (κ3) is 1.91. The van der Waals surface area contributed by atoms with Crippen molar-refractivity contribution in [3.05, 3.63) is 24.3 Å². The van der Waals surface area contributed by atoms with E-state index in [0.29, 0.717) is 11.9 Å². The zero-order valence-corrected chi connectivity index (χ0v) is 10.2. The summed E-state index contributed by atoms with van der Waals surface area (Å²) in [5.74, 6) is 1.04. The summed E-state index contributed by atoms with van der Waals surface area (Å²) >= 11 is 0. The fraction of sp³-hybridized carbons (Fsp3) is 0.231. The first kappa shape index (κ1) is 10.4. The lowest BCUT2D eigenvalue weighted by molar-refractivity contribution is 1.01. The number of aromatic amines is 1. The number of H-pyrrole nitrogens is 1. The van der Waals surface area contributed by atoms with Crippen molar-refractivity contribution in [2.45, 2.75) is 12.8 Å². The third-order valence-corrected chi connectivity index (χ3v) is 3.19. The van der Waals surface area contributed by atoms with E-state index in [0.717, 1.165) is 22.1 Å².